The van der Waals surface area contributed by atoms with Crippen molar-refractivity contribution in [2.45, 2.75) is 12.8 Å². The molecule has 2 aromatic rings. The van der Waals surface area contributed by atoms with E-state index in [4.69, 9.17) is 0 Å². The minimum atomic E-state index is -0.107. The summed E-state index contributed by atoms with van der Waals surface area (Å²) in [5.41, 5.74) is 2.08. The molecule has 0 nitrogen and oxygen atoms in total. The second kappa shape index (κ2) is 7.20. The van der Waals surface area contributed by atoms with Crippen molar-refractivity contribution in [3.63, 3.8) is 0 Å². The molecular weight excluding hydrogens is 371 g/mol. The average molecular weight is 386 g/mol. The summed E-state index contributed by atoms with van der Waals surface area (Å²) in [5.74, 6) is 0.294. The van der Waals surface area contributed by atoms with E-state index in [0.717, 1.165) is 28.2 Å². The predicted molar refractivity (Wildman–Crippen MR) is 85.2 cm³/mol. The van der Waals surface area contributed by atoms with E-state index in [1.807, 2.05) is 24.3 Å². The molecule has 1 unspecified atom stereocenters. The Balaban J connectivity index is 2.05. The fourth-order valence-electron chi connectivity index (χ4n) is 2.11. The van der Waals surface area contributed by atoms with Gasteiger partial charge < -0.3 is 0 Å². The lowest BCUT2D eigenvalue weighted by Gasteiger charge is -2.14. The first-order valence-electron chi connectivity index (χ1n) is 6.23. The zero-order chi connectivity index (χ0) is 13.7. The Hall–Kier alpha value is -0.670. The molecule has 0 saturated carbocycles. The van der Waals surface area contributed by atoms with E-state index < -0.39 is 0 Å². The van der Waals surface area contributed by atoms with Gasteiger partial charge in [0, 0.05) is 9.80 Å². The summed E-state index contributed by atoms with van der Waals surface area (Å²) in [5, 5.41) is 0.872. The van der Waals surface area contributed by atoms with Gasteiger partial charge in [0.15, 0.2) is 0 Å². The Bertz CT molecular complexity index is 523. The molecule has 2 aromatic carbocycles. The van der Waals surface area contributed by atoms with Gasteiger partial charge in [-0.3, -0.25) is 0 Å². The summed E-state index contributed by atoms with van der Waals surface area (Å²) in [6.07, 6.45) is 1.71. The third-order valence-electron chi connectivity index (χ3n) is 3.12. The SMILES string of the molecule is Fc1ccccc1CC(CBr)Cc1ccc(Br)cc1. The second-order valence-corrected chi connectivity index (χ2v) is 6.21. The Morgan fingerprint density at radius 2 is 1.63 bits per heavy atom. The van der Waals surface area contributed by atoms with Crippen LogP contribution in [0.25, 0.3) is 0 Å². The molecule has 19 heavy (non-hydrogen) atoms. The normalized spacial score (nSPS) is 12.4. The number of alkyl halides is 1. The molecule has 3 heteroatoms. The smallest absolute Gasteiger partial charge is 0.126 e. The summed E-state index contributed by atoms with van der Waals surface area (Å²) >= 11 is 6.97. The van der Waals surface area contributed by atoms with Crippen molar-refractivity contribution in [3.05, 3.63) is 69.9 Å². The molecular formula is C16H15Br2F. The highest BCUT2D eigenvalue weighted by Gasteiger charge is 2.12. The van der Waals surface area contributed by atoms with Crippen molar-refractivity contribution in [2.24, 2.45) is 5.92 Å². The molecule has 0 bridgehead atoms. The number of hydrogen-bond acceptors (Lipinski definition) is 0. The van der Waals surface area contributed by atoms with Crippen LogP contribution in [0.3, 0.4) is 0 Å². The third kappa shape index (κ3) is 4.43. The topological polar surface area (TPSA) is 0 Å². The molecule has 0 aliphatic heterocycles. The van der Waals surface area contributed by atoms with Gasteiger partial charge in [0.1, 0.15) is 5.82 Å². The van der Waals surface area contributed by atoms with Gasteiger partial charge in [-0.2, -0.15) is 0 Å². The van der Waals surface area contributed by atoms with Crippen LogP contribution in [0.2, 0.25) is 0 Å². The van der Waals surface area contributed by atoms with Gasteiger partial charge in [0.05, 0.1) is 0 Å². The van der Waals surface area contributed by atoms with Crippen LogP contribution in [0.5, 0.6) is 0 Å². The highest BCUT2D eigenvalue weighted by molar-refractivity contribution is 9.10. The molecule has 2 rings (SSSR count). The molecule has 0 saturated heterocycles. The van der Waals surface area contributed by atoms with Crippen LogP contribution in [0.1, 0.15) is 11.1 Å². The van der Waals surface area contributed by atoms with Gasteiger partial charge in [0.2, 0.25) is 0 Å². The fraction of sp³-hybridized carbons (Fsp3) is 0.250. The van der Waals surface area contributed by atoms with E-state index >= 15 is 0 Å². The standard InChI is InChI=1S/C16H15Br2F/c17-11-13(9-12-5-7-15(18)8-6-12)10-14-3-1-2-4-16(14)19/h1-8,13H,9-11H2. The van der Waals surface area contributed by atoms with Crippen LogP contribution in [-0.4, -0.2) is 5.33 Å². The number of rotatable bonds is 5. The quantitative estimate of drug-likeness (QED) is 0.605. The van der Waals surface area contributed by atoms with Gasteiger partial charge in [-0.1, -0.05) is 62.2 Å². The van der Waals surface area contributed by atoms with E-state index in [-0.39, 0.29) is 5.82 Å². The predicted octanol–water partition coefficient (Wildman–Crippen LogP) is 5.38. The maximum absolute atomic E-state index is 13.7. The first-order valence-corrected chi connectivity index (χ1v) is 8.14. The van der Waals surface area contributed by atoms with Gasteiger partial charge in [-0.05, 0) is 48.1 Å². The molecule has 0 spiro atoms. The Kier molecular flexibility index (Phi) is 5.59. The summed E-state index contributed by atoms with van der Waals surface area (Å²) < 4.78 is 14.7. The van der Waals surface area contributed by atoms with Crippen LogP contribution >= 0.6 is 31.9 Å². The Morgan fingerprint density at radius 1 is 0.947 bits per heavy atom. The molecule has 0 fully saturated rings. The van der Waals surface area contributed by atoms with Crippen LogP contribution < -0.4 is 0 Å². The highest BCUT2D eigenvalue weighted by atomic mass is 79.9. The molecule has 0 radical (unpaired) electrons. The zero-order valence-electron chi connectivity index (χ0n) is 10.5. The van der Waals surface area contributed by atoms with Gasteiger partial charge >= 0.3 is 0 Å². The second-order valence-electron chi connectivity index (χ2n) is 4.65. The summed E-state index contributed by atoms with van der Waals surface area (Å²) in [7, 11) is 0. The van der Waals surface area contributed by atoms with Crippen LogP contribution in [0.15, 0.2) is 53.0 Å². The van der Waals surface area contributed by atoms with Gasteiger partial charge in [-0.15, -0.1) is 0 Å². The molecule has 100 valence electrons. The van der Waals surface area contributed by atoms with Gasteiger partial charge in [-0.25, -0.2) is 4.39 Å². The van der Waals surface area contributed by atoms with Crippen molar-refractivity contribution in [1.82, 2.24) is 0 Å². The lowest BCUT2D eigenvalue weighted by atomic mass is 9.94. The van der Waals surface area contributed by atoms with E-state index in [1.54, 1.807) is 6.07 Å². The minimum absolute atomic E-state index is 0.107. The van der Waals surface area contributed by atoms with Crippen molar-refractivity contribution in [2.75, 3.05) is 5.33 Å². The fourth-order valence-corrected chi connectivity index (χ4v) is 2.83. The lowest BCUT2D eigenvalue weighted by Crippen LogP contribution is -2.11. The molecule has 0 heterocycles. The average Bonchev–Trinajstić information content (AvgIpc) is 2.43. The molecule has 0 amide bonds. The van der Waals surface area contributed by atoms with E-state index in [9.17, 15) is 4.39 Å². The van der Waals surface area contributed by atoms with Crippen LogP contribution in [0.4, 0.5) is 4.39 Å². The van der Waals surface area contributed by atoms with Crippen LogP contribution in [-0.2, 0) is 12.8 Å². The molecule has 0 aliphatic carbocycles. The first-order chi connectivity index (χ1) is 9.19. The minimum Gasteiger partial charge on any atom is -0.207 e. The highest BCUT2D eigenvalue weighted by Crippen LogP contribution is 2.20. The number of halogens is 3. The summed E-state index contributed by atoms with van der Waals surface area (Å²) in [4.78, 5) is 0. The maximum atomic E-state index is 13.7. The van der Waals surface area contributed by atoms with Crippen molar-refractivity contribution in [3.8, 4) is 0 Å². The van der Waals surface area contributed by atoms with E-state index in [2.05, 4.69) is 44.0 Å². The number of hydrogen-bond donors (Lipinski definition) is 0. The zero-order valence-corrected chi connectivity index (χ0v) is 13.6. The Labute approximate surface area is 130 Å². The molecule has 0 N–H and O–H groups in total. The first kappa shape index (κ1) is 14.7. The van der Waals surface area contributed by atoms with E-state index in [1.165, 1.54) is 11.6 Å². The summed E-state index contributed by atoms with van der Waals surface area (Å²) in [6.45, 7) is 0. The molecule has 0 aliphatic rings. The van der Waals surface area contributed by atoms with Crippen molar-refractivity contribution in [1.29, 1.82) is 0 Å². The van der Waals surface area contributed by atoms with Crippen molar-refractivity contribution < 1.29 is 4.39 Å². The van der Waals surface area contributed by atoms with E-state index in [0.29, 0.717) is 5.92 Å². The third-order valence-corrected chi connectivity index (χ3v) is 4.57. The lowest BCUT2D eigenvalue weighted by molar-refractivity contribution is 0.550. The Morgan fingerprint density at radius 3 is 2.26 bits per heavy atom. The largest absolute Gasteiger partial charge is 0.207 e. The monoisotopic (exact) mass is 384 g/mol. The number of benzene rings is 2. The maximum Gasteiger partial charge on any atom is 0.126 e. The summed E-state index contributed by atoms with van der Waals surface area (Å²) in [6, 6.07) is 15.3. The molecule has 1 atom stereocenters. The molecule has 0 aromatic heterocycles. The van der Waals surface area contributed by atoms with Crippen molar-refractivity contribution >= 4 is 31.9 Å². The van der Waals surface area contributed by atoms with Crippen LogP contribution in [0, 0.1) is 11.7 Å². The van der Waals surface area contributed by atoms with Gasteiger partial charge in [0.25, 0.3) is 0 Å².